The second-order valence-electron chi connectivity index (χ2n) is 5.57. The number of nitrogens with one attached hydrogen (secondary N) is 2. The summed E-state index contributed by atoms with van der Waals surface area (Å²) in [5.41, 5.74) is 0. The molecule has 0 bridgehead atoms. The van der Waals surface area contributed by atoms with E-state index in [0.717, 1.165) is 44.4 Å². The van der Waals surface area contributed by atoms with Crippen molar-refractivity contribution in [2.24, 2.45) is 5.92 Å². The van der Waals surface area contributed by atoms with Crippen LogP contribution in [0.15, 0.2) is 0 Å². The van der Waals surface area contributed by atoms with Crippen LogP contribution in [-0.4, -0.2) is 29.7 Å². The molecule has 2 atom stereocenters. The van der Waals surface area contributed by atoms with Crippen molar-refractivity contribution < 1.29 is 14.7 Å². The highest BCUT2D eigenvalue weighted by atomic mass is 16.4. The number of hydrogen-bond acceptors (Lipinski definition) is 2. The third-order valence-corrected chi connectivity index (χ3v) is 3.63. The largest absolute Gasteiger partial charge is 0.481 e. The van der Waals surface area contributed by atoms with Crippen LogP contribution in [0.5, 0.6) is 0 Å². The van der Waals surface area contributed by atoms with Crippen LogP contribution in [0, 0.1) is 5.92 Å². The van der Waals surface area contributed by atoms with Gasteiger partial charge in [0.25, 0.3) is 0 Å². The summed E-state index contributed by atoms with van der Waals surface area (Å²) in [4.78, 5) is 21.9. The van der Waals surface area contributed by atoms with Crippen molar-refractivity contribution in [3.63, 3.8) is 0 Å². The summed E-state index contributed by atoms with van der Waals surface area (Å²) in [5.74, 6) is -0.0113. The minimum absolute atomic E-state index is 0.0652. The van der Waals surface area contributed by atoms with Crippen molar-refractivity contribution in [2.45, 2.75) is 64.3 Å². The highest BCUT2D eigenvalue weighted by molar-refractivity contribution is 5.74. The van der Waals surface area contributed by atoms with E-state index in [-0.39, 0.29) is 12.5 Å². The van der Waals surface area contributed by atoms with Gasteiger partial charge < -0.3 is 15.7 Å². The van der Waals surface area contributed by atoms with Crippen molar-refractivity contribution in [3.8, 4) is 0 Å². The lowest BCUT2D eigenvalue weighted by molar-refractivity contribution is -0.137. The van der Waals surface area contributed by atoms with Gasteiger partial charge in [0.05, 0.1) is 0 Å². The quantitative estimate of drug-likeness (QED) is 0.593. The molecule has 0 aromatic heterocycles. The van der Waals surface area contributed by atoms with Crippen LogP contribution in [-0.2, 0) is 4.79 Å². The molecule has 1 saturated carbocycles. The first-order valence-electron chi connectivity index (χ1n) is 7.34. The van der Waals surface area contributed by atoms with E-state index in [1.165, 1.54) is 6.42 Å². The van der Waals surface area contributed by atoms with Crippen molar-refractivity contribution in [3.05, 3.63) is 0 Å². The fraction of sp³-hybridized carbons (Fsp3) is 0.857. The Hall–Kier alpha value is -1.26. The molecule has 2 unspecified atom stereocenters. The number of amides is 2. The van der Waals surface area contributed by atoms with Crippen molar-refractivity contribution >= 4 is 12.0 Å². The predicted octanol–water partition coefficient (Wildman–Crippen LogP) is 2.51. The van der Waals surface area contributed by atoms with Crippen LogP contribution in [0.1, 0.15) is 58.3 Å². The Morgan fingerprint density at radius 2 is 1.89 bits per heavy atom. The molecule has 0 spiro atoms. The van der Waals surface area contributed by atoms with Crippen LogP contribution >= 0.6 is 0 Å². The van der Waals surface area contributed by atoms with E-state index in [1.54, 1.807) is 0 Å². The number of hydrogen-bond donors (Lipinski definition) is 3. The summed E-state index contributed by atoms with van der Waals surface area (Å²) in [5, 5.41) is 14.3. The maximum Gasteiger partial charge on any atom is 0.315 e. The highest BCUT2D eigenvalue weighted by Crippen LogP contribution is 2.24. The summed E-state index contributed by atoms with van der Waals surface area (Å²) in [6.45, 7) is 2.89. The van der Waals surface area contributed by atoms with E-state index in [1.807, 2.05) is 0 Å². The Kier molecular flexibility index (Phi) is 7.30. The van der Waals surface area contributed by atoms with Gasteiger partial charge in [0, 0.05) is 19.0 Å². The van der Waals surface area contributed by atoms with Crippen molar-refractivity contribution in [1.29, 1.82) is 0 Å². The Balaban J connectivity index is 1.91. The normalized spacial score (nSPS) is 22.2. The molecular weight excluding hydrogens is 244 g/mol. The molecule has 3 N–H and O–H groups in total. The van der Waals surface area contributed by atoms with Gasteiger partial charge in [-0.25, -0.2) is 4.79 Å². The zero-order valence-electron chi connectivity index (χ0n) is 11.8. The molecule has 0 aromatic carbocycles. The molecule has 0 saturated heterocycles. The smallest absolute Gasteiger partial charge is 0.315 e. The summed E-state index contributed by atoms with van der Waals surface area (Å²) in [6.07, 6.45) is 7.13. The Bertz CT molecular complexity index is 294. The zero-order valence-corrected chi connectivity index (χ0v) is 11.8. The standard InChI is InChI=1S/C14H26N2O3/c1-11-7-8-12(10-11)16-14(19)15-9-5-3-2-4-6-13(17)18/h11-12H,2-10H2,1H3,(H,17,18)(H2,15,16,19). The lowest BCUT2D eigenvalue weighted by atomic mass is 10.1. The molecule has 5 nitrogen and oxygen atoms in total. The Morgan fingerprint density at radius 1 is 1.16 bits per heavy atom. The van der Waals surface area contributed by atoms with Crippen LogP contribution in [0.4, 0.5) is 4.79 Å². The van der Waals surface area contributed by atoms with Gasteiger partial charge in [0.2, 0.25) is 0 Å². The first kappa shape index (κ1) is 15.8. The van der Waals surface area contributed by atoms with Crippen LogP contribution in [0.2, 0.25) is 0 Å². The highest BCUT2D eigenvalue weighted by Gasteiger charge is 2.22. The molecule has 0 aliphatic heterocycles. The lowest BCUT2D eigenvalue weighted by Crippen LogP contribution is -2.41. The molecule has 0 aromatic rings. The number of aliphatic carboxylic acids is 1. The molecule has 0 heterocycles. The molecule has 0 radical (unpaired) electrons. The fourth-order valence-corrected chi connectivity index (χ4v) is 2.53. The number of urea groups is 1. The second kappa shape index (κ2) is 8.77. The lowest BCUT2D eigenvalue weighted by Gasteiger charge is -2.13. The molecule has 1 rings (SSSR count). The second-order valence-corrected chi connectivity index (χ2v) is 5.57. The number of carboxylic acids is 1. The molecule has 1 aliphatic rings. The monoisotopic (exact) mass is 270 g/mol. The fourth-order valence-electron chi connectivity index (χ4n) is 2.53. The molecule has 1 aliphatic carbocycles. The van der Waals surface area contributed by atoms with Gasteiger partial charge in [-0.3, -0.25) is 4.79 Å². The molecule has 2 amide bonds. The zero-order chi connectivity index (χ0) is 14.1. The summed E-state index contributed by atoms with van der Waals surface area (Å²) in [6, 6.07) is 0.273. The first-order valence-corrected chi connectivity index (χ1v) is 7.34. The summed E-state index contributed by atoms with van der Waals surface area (Å²) in [7, 11) is 0. The van der Waals surface area contributed by atoms with E-state index < -0.39 is 5.97 Å². The molecule has 19 heavy (non-hydrogen) atoms. The first-order chi connectivity index (χ1) is 9.08. The maximum atomic E-state index is 11.6. The van der Waals surface area contributed by atoms with Crippen LogP contribution in [0.3, 0.4) is 0 Å². The number of unbranched alkanes of at least 4 members (excludes halogenated alkanes) is 3. The van der Waals surface area contributed by atoms with E-state index in [2.05, 4.69) is 17.6 Å². The van der Waals surface area contributed by atoms with Gasteiger partial charge in [-0.05, 0) is 38.0 Å². The van der Waals surface area contributed by atoms with Gasteiger partial charge >= 0.3 is 12.0 Å². The molecular formula is C14H26N2O3. The third-order valence-electron chi connectivity index (χ3n) is 3.63. The van der Waals surface area contributed by atoms with Crippen molar-refractivity contribution in [1.82, 2.24) is 10.6 Å². The maximum absolute atomic E-state index is 11.6. The van der Waals surface area contributed by atoms with Gasteiger partial charge in [0.15, 0.2) is 0 Å². The molecule has 5 heteroatoms. The summed E-state index contributed by atoms with van der Waals surface area (Å²) < 4.78 is 0. The average molecular weight is 270 g/mol. The Morgan fingerprint density at radius 3 is 2.53 bits per heavy atom. The third kappa shape index (κ3) is 7.70. The molecule has 1 fully saturated rings. The van der Waals surface area contributed by atoms with Gasteiger partial charge in [0.1, 0.15) is 0 Å². The minimum Gasteiger partial charge on any atom is -0.481 e. The summed E-state index contributed by atoms with van der Waals surface area (Å²) >= 11 is 0. The van der Waals surface area contributed by atoms with E-state index in [0.29, 0.717) is 12.6 Å². The Labute approximate surface area is 115 Å². The van der Waals surface area contributed by atoms with Gasteiger partial charge in [-0.2, -0.15) is 0 Å². The van der Waals surface area contributed by atoms with E-state index in [9.17, 15) is 9.59 Å². The van der Waals surface area contributed by atoms with E-state index >= 15 is 0 Å². The average Bonchev–Trinajstić information content (AvgIpc) is 2.73. The van der Waals surface area contributed by atoms with Crippen LogP contribution in [0.25, 0.3) is 0 Å². The van der Waals surface area contributed by atoms with Gasteiger partial charge in [-0.1, -0.05) is 19.8 Å². The minimum atomic E-state index is -0.733. The van der Waals surface area contributed by atoms with Gasteiger partial charge in [-0.15, -0.1) is 0 Å². The number of carbonyl (C=O) groups is 2. The number of rotatable bonds is 8. The topological polar surface area (TPSA) is 78.4 Å². The number of carboxylic acid groups (broad SMARTS) is 1. The van der Waals surface area contributed by atoms with Crippen molar-refractivity contribution in [2.75, 3.05) is 6.54 Å². The SMILES string of the molecule is CC1CCC(NC(=O)NCCCCCCC(=O)O)C1. The predicted molar refractivity (Wildman–Crippen MR) is 74.1 cm³/mol. The van der Waals surface area contributed by atoms with E-state index in [4.69, 9.17) is 5.11 Å². The van der Waals surface area contributed by atoms with Crippen LogP contribution < -0.4 is 10.6 Å². The number of carbonyl (C=O) groups excluding carboxylic acids is 1. The molecule has 110 valence electrons.